The Morgan fingerprint density at radius 3 is 2.85 bits per heavy atom. The number of nitrogens with one attached hydrogen (secondary N) is 1. The fraction of sp³-hybridized carbons (Fsp3) is 0.471. The first kappa shape index (κ1) is 23.1. The molecule has 0 aromatic carbocycles. The summed E-state index contributed by atoms with van der Waals surface area (Å²) in [5, 5.41) is 27.0. The molecule has 1 saturated heterocycles. The molecule has 0 radical (unpaired) electrons. The fourth-order valence-corrected chi connectivity index (χ4v) is 5.86. The van der Waals surface area contributed by atoms with E-state index >= 15 is 0 Å². The number of hydrogen-bond donors (Lipinski definition) is 2. The van der Waals surface area contributed by atoms with Gasteiger partial charge in [0.1, 0.15) is 16.8 Å². The molecule has 1 fully saturated rings. The average molecular weight is 498 g/mol. The monoisotopic (exact) mass is 497 g/mol. The van der Waals surface area contributed by atoms with Crippen LogP contribution in [0.4, 0.5) is 0 Å². The van der Waals surface area contributed by atoms with Crippen LogP contribution in [-0.2, 0) is 32.6 Å². The summed E-state index contributed by atoms with van der Waals surface area (Å²) in [6, 6.07) is 1.45. The minimum absolute atomic E-state index is 0.131. The maximum absolute atomic E-state index is 13.1. The molecule has 0 bridgehead atoms. The zero-order valence-corrected chi connectivity index (χ0v) is 19.3. The van der Waals surface area contributed by atoms with Crippen molar-refractivity contribution in [3.8, 4) is 5.88 Å². The predicted octanol–water partition coefficient (Wildman–Crippen LogP) is -0.746. The van der Waals surface area contributed by atoms with Gasteiger partial charge in [0.25, 0.3) is 17.5 Å². The number of rotatable bonds is 9. The van der Waals surface area contributed by atoms with Gasteiger partial charge >= 0.3 is 5.97 Å². The molecular weight excluding hydrogens is 478 g/mol. The molecule has 2 N–H and O–H groups in total. The van der Waals surface area contributed by atoms with Crippen LogP contribution in [0.5, 0.6) is 5.88 Å². The molecule has 2 atom stereocenters. The molecule has 0 unspecified atom stereocenters. The molecule has 176 valence electrons. The van der Waals surface area contributed by atoms with Gasteiger partial charge in [-0.05, 0) is 21.2 Å². The topological polar surface area (TPSA) is 175 Å². The predicted molar refractivity (Wildman–Crippen MR) is 112 cm³/mol. The lowest BCUT2D eigenvalue weighted by Crippen LogP contribution is -2.80. The highest BCUT2D eigenvalue weighted by Crippen LogP contribution is 2.47. The molecule has 0 spiro atoms. The number of carboxylic acids is 1. The van der Waals surface area contributed by atoms with Crippen LogP contribution in [0, 0.1) is 0 Å². The van der Waals surface area contributed by atoms with Crippen LogP contribution in [-0.4, -0.2) is 90.0 Å². The summed E-state index contributed by atoms with van der Waals surface area (Å²) >= 11 is 2.55. The molecule has 0 saturated carbocycles. The zero-order valence-electron chi connectivity index (χ0n) is 17.7. The van der Waals surface area contributed by atoms with Crippen molar-refractivity contribution < 1.29 is 33.5 Å². The van der Waals surface area contributed by atoms with E-state index in [9.17, 15) is 19.5 Å². The maximum Gasteiger partial charge on any atom is 0.352 e. The van der Waals surface area contributed by atoms with Gasteiger partial charge in [-0.25, -0.2) is 9.48 Å². The van der Waals surface area contributed by atoms with Crippen LogP contribution < -0.4 is 10.1 Å². The molecule has 14 nitrogen and oxygen atoms in total. The van der Waals surface area contributed by atoms with Gasteiger partial charge in [-0.15, -0.1) is 16.9 Å². The molecule has 4 rings (SSSR count). The summed E-state index contributed by atoms with van der Waals surface area (Å²) < 4.78 is 16.8. The number of ether oxygens (including phenoxy) is 2. The van der Waals surface area contributed by atoms with Gasteiger partial charge < -0.3 is 24.4 Å². The van der Waals surface area contributed by atoms with Gasteiger partial charge in [0.05, 0.1) is 13.5 Å². The number of tetrazole rings is 1. The number of hydrogen-bond acceptors (Lipinski definition) is 12. The van der Waals surface area contributed by atoms with E-state index in [0.29, 0.717) is 16.5 Å². The van der Waals surface area contributed by atoms with Crippen molar-refractivity contribution in [1.29, 1.82) is 0 Å². The first-order valence-electron chi connectivity index (χ1n) is 9.42. The van der Waals surface area contributed by atoms with Crippen molar-refractivity contribution in [3.05, 3.63) is 23.1 Å². The molecule has 2 aromatic rings. The minimum atomic E-state index is -1.70. The van der Waals surface area contributed by atoms with Gasteiger partial charge in [0, 0.05) is 31.7 Å². The molecule has 16 heteroatoms. The second kappa shape index (κ2) is 9.03. The van der Waals surface area contributed by atoms with Crippen LogP contribution in [0.2, 0.25) is 0 Å². The first-order valence-corrected chi connectivity index (χ1v) is 11.5. The van der Waals surface area contributed by atoms with E-state index in [2.05, 4.69) is 26.0 Å². The third-order valence-corrected chi connectivity index (χ3v) is 7.47. The third kappa shape index (κ3) is 4.04. The van der Waals surface area contributed by atoms with Gasteiger partial charge in [-0.2, -0.15) is 0 Å². The highest BCUT2D eigenvalue weighted by molar-refractivity contribution is 8.01. The van der Waals surface area contributed by atoms with Crippen molar-refractivity contribution in [3.63, 3.8) is 0 Å². The summed E-state index contributed by atoms with van der Waals surface area (Å²) in [5.74, 6) is -1.43. The lowest BCUT2D eigenvalue weighted by atomic mass is 9.98. The number of carbonyl (C=O) groups excluding carboxylic acids is 2. The molecular formula is C17H19N7O7S2. The Balaban J connectivity index is 1.51. The first-order chi connectivity index (χ1) is 15.8. The number of nitrogens with zero attached hydrogens (tertiary/aromatic N) is 6. The van der Waals surface area contributed by atoms with Gasteiger partial charge in [0.15, 0.2) is 0 Å². The van der Waals surface area contributed by atoms with Gasteiger partial charge in [-0.3, -0.25) is 14.5 Å². The van der Waals surface area contributed by atoms with Crippen molar-refractivity contribution in [1.82, 2.24) is 35.6 Å². The number of amides is 2. The number of methoxy groups -OCH3 is 2. The van der Waals surface area contributed by atoms with E-state index in [1.165, 1.54) is 48.5 Å². The number of carbonyl (C=O) groups is 3. The van der Waals surface area contributed by atoms with E-state index in [4.69, 9.17) is 14.0 Å². The van der Waals surface area contributed by atoms with E-state index in [0.717, 1.165) is 4.90 Å². The lowest BCUT2D eigenvalue weighted by molar-refractivity contribution is -0.192. The normalized spacial score (nSPS) is 22.1. The minimum Gasteiger partial charge on any atom is -0.479 e. The van der Waals surface area contributed by atoms with Crippen LogP contribution in [0.1, 0.15) is 5.76 Å². The zero-order chi connectivity index (χ0) is 23.8. The Labute approximate surface area is 195 Å². The van der Waals surface area contributed by atoms with Crippen molar-refractivity contribution in [2.24, 2.45) is 7.05 Å². The second-order valence-corrected chi connectivity index (χ2v) is 8.98. The maximum atomic E-state index is 13.1. The van der Waals surface area contributed by atoms with E-state index < -0.39 is 28.9 Å². The highest BCUT2D eigenvalue weighted by Gasteiger charge is 2.66. The highest BCUT2D eigenvalue weighted by atomic mass is 32.2. The van der Waals surface area contributed by atoms with Crippen LogP contribution in [0.3, 0.4) is 0 Å². The number of thioether (sulfide) groups is 2. The quantitative estimate of drug-likeness (QED) is 0.252. The van der Waals surface area contributed by atoms with E-state index in [1.807, 2.05) is 0 Å². The Bertz CT molecular complexity index is 1130. The summed E-state index contributed by atoms with van der Waals surface area (Å²) in [5.41, 5.74) is -1.29. The number of fused-ring (bicyclic) bond motifs is 1. The van der Waals surface area contributed by atoms with Crippen LogP contribution in [0.15, 0.2) is 27.0 Å². The second-order valence-electron chi connectivity index (χ2n) is 6.97. The molecule has 2 aliphatic heterocycles. The molecule has 4 heterocycles. The standard InChI is InChI=1S/C17H19N7O7S2/c1-23-16(19-21-22-23)33-7-8-6-32-15-17(30-3,14(28)24(15)12(8)13(26)27)18-10(25)4-9-5-11(29-2)20-31-9/h5,15H,4,6-7H2,1-3H3,(H,18,25)(H,26,27)/t15-,17+/m1/s1. The molecule has 2 amide bonds. The fourth-order valence-electron chi connectivity index (χ4n) is 3.43. The lowest BCUT2D eigenvalue weighted by Gasteiger charge is -2.55. The largest absolute Gasteiger partial charge is 0.479 e. The Hall–Kier alpha value is -3.11. The number of aliphatic carboxylic acids is 1. The molecule has 33 heavy (non-hydrogen) atoms. The summed E-state index contributed by atoms with van der Waals surface area (Å²) in [6.07, 6.45) is -0.207. The Kier molecular flexibility index (Phi) is 6.31. The number of aromatic nitrogens is 5. The van der Waals surface area contributed by atoms with Gasteiger partial charge in [-0.1, -0.05) is 11.8 Å². The smallest absolute Gasteiger partial charge is 0.352 e. The Morgan fingerprint density at radius 2 is 2.24 bits per heavy atom. The Morgan fingerprint density at radius 1 is 1.45 bits per heavy atom. The molecule has 2 aromatic heterocycles. The average Bonchev–Trinajstić information content (AvgIpc) is 3.43. The third-order valence-electron chi connectivity index (χ3n) is 5.00. The van der Waals surface area contributed by atoms with Crippen LogP contribution >= 0.6 is 23.5 Å². The van der Waals surface area contributed by atoms with E-state index in [-0.39, 0.29) is 29.5 Å². The summed E-state index contributed by atoms with van der Waals surface area (Å²) in [4.78, 5) is 38.9. The number of β-lactam (4-membered cyclic amide) rings is 1. The summed E-state index contributed by atoms with van der Waals surface area (Å²) in [7, 11) is 4.36. The van der Waals surface area contributed by atoms with E-state index in [1.54, 1.807) is 7.05 Å². The van der Waals surface area contributed by atoms with Crippen molar-refractivity contribution in [2.75, 3.05) is 25.7 Å². The summed E-state index contributed by atoms with van der Waals surface area (Å²) in [6.45, 7) is 0. The molecule has 0 aliphatic carbocycles. The molecule has 2 aliphatic rings. The van der Waals surface area contributed by atoms with Crippen LogP contribution in [0.25, 0.3) is 0 Å². The number of carboxylic acid groups (broad SMARTS) is 1. The SMILES string of the molecule is COc1cc(CC(=O)N[C@]2(OC)C(=O)N3C(C(=O)O)=C(CSc4nnnn4C)CS[C@@H]32)on1. The van der Waals surface area contributed by atoms with Gasteiger partial charge in [0.2, 0.25) is 11.1 Å². The number of aryl methyl sites for hydroxylation is 1. The van der Waals surface area contributed by atoms with Crippen molar-refractivity contribution >= 4 is 41.3 Å². The van der Waals surface area contributed by atoms with Crippen molar-refractivity contribution in [2.45, 2.75) is 22.7 Å².